The Morgan fingerprint density at radius 2 is 2.14 bits per heavy atom. The van der Waals surface area contributed by atoms with Gasteiger partial charge in [0.05, 0.1) is 23.9 Å². The van der Waals surface area contributed by atoms with Crippen LogP contribution >= 0.6 is 15.9 Å². The normalized spacial score (nSPS) is 15.7. The Kier molecular flexibility index (Phi) is 4.60. The van der Waals surface area contributed by atoms with Gasteiger partial charge >= 0.3 is 0 Å². The predicted octanol–water partition coefficient (Wildman–Crippen LogP) is 3.95. The van der Waals surface area contributed by atoms with Crippen molar-refractivity contribution in [3.63, 3.8) is 0 Å². The van der Waals surface area contributed by atoms with E-state index in [2.05, 4.69) is 26.2 Å². The van der Waals surface area contributed by atoms with E-state index in [0.29, 0.717) is 6.10 Å². The number of rotatable bonds is 5. The van der Waals surface area contributed by atoms with Crippen LogP contribution in [0.25, 0.3) is 10.9 Å². The van der Waals surface area contributed by atoms with Crippen molar-refractivity contribution in [1.29, 1.82) is 0 Å². The molecule has 1 heterocycles. The van der Waals surface area contributed by atoms with Gasteiger partial charge in [-0.25, -0.2) is 0 Å². The van der Waals surface area contributed by atoms with E-state index in [1.54, 1.807) is 6.20 Å². The Bertz CT molecular complexity index is 626. The molecule has 0 saturated heterocycles. The molecule has 0 atom stereocenters. The molecule has 1 aliphatic rings. The molecule has 0 spiro atoms. The maximum atomic E-state index is 6.02. The highest BCUT2D eigenvalue weighted by Crippen LogP contribution is 2.28. The molecule has 0 amide bonds. The molecule has 2 aromatic rings. The summed E-state index contributed by atoms with van der Waals surface area (Å²) in [5.74, 6) is 0. The maximum absolute atomic E-state index is 6.02. The van der Waals surface area contributed by atoms with Gasteiger partial charge < -0.3 is 15.8 Å². The van der Waals surface area contributed by atoms with E-state index in [4.69, 9.17) is 10.5 Å². The average molecular weight is 350 g/mol. The van der Waals surface area contributed by atoms with Gasteiger partial charge in [-0.05, 0) is 47.0 Å². The number of halogens is 1. The van der Waals surface area contributed by atoms with E-state index < -0.39 is 0 Å². The minimum absolute atomic E-state index is 0.462. The minimum Gasteiger partial charge on any atom is -0.398 e. The summed E-state index contributed by atoms with van der Waals surface area (Å²) in [6.07, 6.45) is 7.28. The van der Waals surface area contributed by atoms with E-state index in [-0.39, 0.29) is 0 Å². The number of fused-ring (bicyclic) bond motifs is 1. The van der Waals surface area contributed by atoms with Crippen molar-refractivity contribution in [3.05, 3.63) is 28.9 Å². The molecule has 0 radical (unpaired) electrons. The molecule has 4 nitrogen and oxygen atoms in total. The van der Waals surface area contributed by atoms with Crippen LogP contribution in [0.3, 0.4) is 0 Å². The Labute approximate surface area is 133 Å². The van der Waals surface area contributed by atoms with Crippen LogP contribution in [0.4, 0.5) is 11.4 Å². The number of aromatic nitrogens is 1. The van der Waals surface area contributed by atoms with Crippen LogP contribution in [0.15, 0.2) is 28.9 Å². The van der Waals surface area contributed by atoms with Crippen LogP contribution < -0.4 is 11.1 Å². The first-order valence-electron chi connectivity index (χ1n) is 7.43. The fraction of sp³-hybridized carbons (Fsp3) is 0.438. The molecule has 1 aromatic carbocycles. The first kappa shape index (κ1) is 14.6. The lowest BCUT2D eigenvalue weighted by Gasteiger charge is -2.13. The Morgan fingerprint density at radius 1 is 1.33 bits per heavy atom. The van der Waals surface area contributed by atoms with Crippen molar-refractivity contribution < 1.29 is 4.74 Å². The highest BCUT2D eigenvalue weighted by Gasteiger charge is 2.14. The summed E-state index contributed by atoms with van der Waals surface area (Å²) in [5.41, 5.74) is 8.66. The van der Waals surface area contributed by atoms with Gasteiger partial charge in [-0.1, -0.05) is 12.8 Å². The van der Waals surface area contributed by atoms with E-state index in [9.17, 15) is 0 Å². The number of hydrogen-bond donors (Lipinski definition) is 2. The summed E-state index contributed by atoms with van der Waals surface area (Å²) in [6, 6.07) is 5.89. The highest BCUT2D eigenvalue weighted by molar-refractivity contribution is 9.10. The molecule has 0 bridgehead atoms. The van der Waals surface area contributed by atoms with Crippen molar-refractivity contribution in [2.75, 3.05) is 24.2 Å². The number of nitrogens with zero attached hydrogens (tertiary/aromatic N) is 1. The lowest BCUT2D eigenvalue weighted by molar-refractivity contribution is 0.0659. The molecule has 0 aliphatic heterocycles. The van der Waals surface area contributed by atoms with Crippen LogP contribution in [0.2, 0.25) is 0 Å². The molecule has 1 aliphatic carbocycles. The van der Waals surface area contributed by atoms with Gasteiger partial charge in [0.2, 0.25) is 0 Å². The number of pyridine rings is 1. The highest BCUT2D eigenvalue weighted by atomic mass is 79.9. The average Bonchev–Trinajstić information content (AvgIpc) is 2.99. The number of nitrogen functional groups attached to an aromatic ring is 1. The second-order valence-electron chi connectivity index (χ2n) is 5.46. The third kappa shape index (κ3) is 3.47. The summed E-state index contributed by atoms with van der Waals surface area (Å²) in [4.78, 5) is 4.47. The van der Waals surface area contributed by atoms with Crippen molar-refractivity contribution in [3.8, 4) is 0 Å². The third-order valence-electron chi connectivity index (χ3n) is 3.92. The summed E-state index contributed by atoms with van der Waals surface area (Å²) in [7, 11) is 0. The van der Waals surface area contributed by atoms with Crippen LogP contribution in [0, 0.1) is 0 Å². The van der Waals surface area contributed by atoms with Crippen molar-refractivity contribution in [2.24, 2.45) is 0 Å². The van der Waals surface area contributed by atoms with Crippen LogP contribution in [0.1, 0.15) is 25.7 Å². The standard InChI is InChI=1S/C16H20BrN3O/c17-11-9-13-14(18)5-6-15(16(13)20-10-11)19-7-8-21-12-3-1-2-4-12/h5-6,9-10,12,19H,1-4,7-8,18H2. The largest absolute Gasteiger partial charge is 0.398 e. The van der Waals surface area contributed by atoms with E-state index in [0.717, 1.165) is 39.9 Å². The smallest absolute Gasteiger partial charge is 0.0954 e. The molecule has 3 N–H and O–H groups in total. The quantitative estimate of drug-likeness (QED) is 0.633. The van der Waals surface area contributed by atoms with E-state index >= 15 is 0 Å². The Morgan fingerprint density at radius 3 is 2.95 bits per heavy atom. The number of nitrogens with two attached hydrogens (primary N) is 1. The zero-order valence-corrected chi connectivity index (χ0v) is 13.5. The molecule has 1 fully saturated rings. The Hall–Kier alpha value is -1.33. The van der Waals surface area contributed by atoms with Crippen LogP contribution in [-0.2, 0) is 4.74 Å². The topological polar surface area (TPSA) is 60.2 Å². The predicted molar refractivity (Wildman–Crippen MR) is 90.6 cm³/mol. The lowest BCUT2D eigenvalue weighted by Crippen LogP contribution is -2.15. The van der Waals surface area contributed by atoms with Crippen molar-refractivity contribution in [2.45, 2.75) is 31.8 Å². The fourth-order valence-electron chi connectivity index (χ4n) is 2.82. The molecular weight excluding hydrogens is 330 g/mol. The van der Waals surface area contributed by atoms with Gasteiger partial charge in [-0.15, -0.1) is 0 Å². The van der Waals surface area contributed by atoms with Gasteiger partial charge in [0, 0.05) is 28.3 Å². The van der Waals surface area contributed by atoms with Crippen molar-refractivity contribution in [1.82, 2.24) is 4.98 Å². The summed E-state index contributed by atoms with van der Waals surface area (Å²) >= 11 is 3.43. The maximum Gasteiger partial charge on any atom is 0.0954 e. The van der Waals surface area contributed by atoms with Gasteiger partial charge in [-0.3, -0.25) is 4.98 Å². The Balaban J connectivity index is 1.65. The molecule has 1 saturated carbocycles. The molecule has 0 unspecified atom stereocenters. The zero-order chi connectivity index (χ0) is 14.7. The van der Waals surface area contributed by atoms with Crippen LogP contribution in [-0.4, -0.2) is 24.2 Å². The number of hydrogen-bond acceptors (Lipinski definition) is 4. The minimum atomic E-state index is 0.462. The lowest BCUT2D eigenvalue weighted by atomic mass is 10.1. The summed E-state index contributed by atoms with van der Waals surface area (Å²) < 4.78 is 6.80. The van der Waals surface area contributed by atoms with Crippen molar-refractivity contribution >= 4 is 38.2 Å². The SMILES string of the molecule is Nc1ccc(NCCOC2CCCC2)c2ncc(Br)cc12. The van der Waals surface area contributed by atoms with E-state index in [1.807, 2.05) is 18.2 Å². The molecule has 5 heteroatoms. The second kappa shape index (κ2) is 6.62. The zero-order valence-electron chi connectivity index (χ0n) is 11.9. The molecule has 112 valence electrons. The first-order valence-corrected chi connectivity index (χ1v) is 8.22. The third-order valence-corrected chi connectivity index (χ3v) is 4.36. The van der Waals surface area contributed by atoms with Crippen LogP contribution in [0.5, 0.6) is 0 Å². The van der Waals surface area contributed by atoms with E-state index in [1.165, 1.54) is 25.7 Å². The number of anilines is 2. The van der Waals surface area contributed by atoms with Gasteiger partial charge in [0.1, 0.15) is 0 Å². The first-order chi connectivity index (χ1) is 10.2. The van der Waals surface area contributed by atoms with Gasteiger partial charge in [-0.2, -0.15) is 0 Å². The summed E-state index contributed by atoms with van der Waals surface area (Å²) in [6.45, 7) is 1.51. The molecule has 3 rings (SSSR count). The molecular formula is C16H20BrN3O. The summed E-state index contributed by atoms with van der Waals surface area (Å²) in [5, 5.41) is 4.36. The number of ether oxygens (including phenoxy) is 1. The monoisotopic (exact) mass is 349 g/mol. The number of benzene rings is 1. The second-order valence-corrected chi connectivity index (χ2v) is 6.37. The van der Waals surface area contributed by atoms with Gasteiger partial charge in [0.15, 0.2) is 0 Å². The molecule has 21 heavy (non-hydrogen) atoms. The fourth-order valence-corrected chi connectivity index (χ4v) is 3.16. The van der Waals surface area contributed by atoms with Gasteiger partial charge in [0.25, 0.3) is 0 Å². The number of nitrogens with one attached hydrogen (secondary N) is 1. The molecule has 1 aromatic heterocycles.